The number of nitrogens with one attached hydrogen (secondary N) is 1. The fraction of sp³-hybridized carbons (Fsp3) is 0.409. The Morgan fingerprint density at radius 1 is 1.23 bits per heavy atom. The van der Waals surface area contributed by atoms with Gasteiger partial charge < -0.3 is 19.9 Å². The summed E-state index contributed by atoms with van der Waals surface area (Å²) in [6.07, 6.45) is 0.673. The van der Waals surface area contributed by atoms with Crippen molar-refractivity contribution in [2.24, 2.45) is 0 Å². The quantitative estimate of drug-likeness (QED) is 0.680. The van der Waals surface area contributed by atoms with Crippen LogP contribution in [-0.4, -0.2) is 45.7 Å². The van der Waals surface area contributed by atoms with Crippen LogP contribution in [0.2, 0.25) is 0 Å². The summed E-state index contributed by atoms with van der Waals surface area (Å²) in [4.78, 5) is 29.8. The molecule has 0 fully saturated rings. The average molecular weight is 415 g/mol. The molecule has 2 rings (SSSR count). The van der Waals surface area contributed by atoms with Crippen LogP contribution in [0.15, 0.2) is 36.5 Å². The molecular weight excluding hydrogens is 386 g/mol. The number of carbonyl (C=O) groups excluding carboxylic acids is 1. The third kappa shape index (κ3) is 5.62. The zero-order valence-corrected chi connectivity index (χ0v) is 18.2. The SMILES string of the molecule is CC[C@@H](C(=O)Nc1ccc(Oc2ccc(C)c(OC)c2)nc1)N(C(=O)O)C(C)(C)C. The van der Waals surface area contributed by atoms with Crippen molar-refractivity contribution in [3.63, 3.8) is 0 Å². The Labute approximate surface area is 176 Å². The van der Waals surface area contributed by atoms with Crippen molar-refractivity contribution in [1.29, 1.82) is 0 Å². The van der Waals surface area contributed by atoms with E-state index in [1.807, 2.05) is 19.1 Å². The second-order valence-corrected chi connectivity index (χ2v) is 7.86. The topological polar surface area (TPSA) is 101 Å². The van der Waals surface area contributed by atoms with Crippen molar-refractivity contribution in [2.75, 3.05) is 12.4 Å². The van der Waals surface area contributed by atoms with Crippen molar-refractivity contribution in [2.45, 2.75) is 52.6 Å². The van der Waals surface area contributed by atoms with E-state index < -0.39 is 23.6 Å². The molecule has 0 aliphatic carbocycles. The summed E-state index contributed by atoms with van der Waals surface area (Å²) in [6, 6.07) is 7.93. The maximum atomic E-state index is 12.7. The first-order chi connectivity index (χ1) is 14.1. The lowest BCUT2D eigenvalue weighted by Crippen LogP contribution is -2.55. The Balaban J connectivity index is 2.10. The van der Waals surface area contributed by atoms with Crippen molar-refractivity contribution >= 4 is 17.7 Å². The summed E-state index contributed by atoms with van der Waals surface area (Å²) in [5.74, 6) is 1.24. The Hall–Kier alpha value is -3.29. The van der Waals surface area contributed by atoms with E-state index in [9.17, 15) is 14.7 Å². The summed E-state index contributed by atoms with van der Waals surface area (Å²) in [5.41, 5.74) is 0.730. The number of carboxylic acid groups (broad SMARTS) is 1. The molecule has 0 spiro atoms. The fourth-order valence-electron chi connectivity index (χ4n) is 3.10. The van der Waals surface area contributed by atoms with Crippen LogP contribution in [0, 0.1) is 6.92 Å². The van der Waals surface area contributed by atoms with Crippen LogP contribution < -0.4 is 14.8 Å². The standard InChI is InChI=1S/C22H29N3O5/c1-7-17(25(21(27)28)22(3,4)5)20(26)24-15-9-11-19(23-13-15)30-16-10-8-14(2)18(12-16)29-6/h8-13,17H,7H2,1-6H3,(H,24,26)(H,27,28)/t17-/m0/s1. The molecule has 1 aromatic heterocycles. The van der Waals surface area contributed by atoms with Crippen LogP contribution in [0.5, 0.6) is 17.4 Å². The van der Waals surface area contributed by atoms with Crippen molar-refractivity contribution in [3.8, 4) is 17.4 Å². The van der Waals surface area contributed by atoms with Gasteiger partial charge in [0, 0.05) is 17.7 Å². The molecule has 8 nitrogen and oxygen atoms in total. The molecule has 0 saturated carbocycles. The molecule has 30 heavy (non-hydrogen) atoms. The molecule has 2 N–H and O–H groups in total. The second kappa shape index (κ2) is 9.47. The Bertz CT molecular complexity index is 891. The van der Waals surface area contributed by atoms with Gasteiger partial charge in [-0.05, 0) is 51.8 Å². The van der Waals surface area contributed by atoms with E-state index in [2.05, 4.69) is 10.3 Å². The number of aromatic nitrogens is 1. The highest BCUT2D eigenvalue weighted by atomic mass is 16.5. The Morgan fingerprint density at radius 3 is 2.43 bits per heavy atom. The molecule has 1 atom stereocenters. The Kier molecular flexibility index (Phi) is 7.26. The molecule has 1 aromatic carbocycles. The van der Waals surface area contributed by atoms with E-state index in [0.717, 1.165) is 10.5 Å². The van der Waals surface area contributed by atoms with Crippen LogP contribution in [0.4, 0.5) is 10.5 Å². The van der Waals surface area contributed by atoms with Gasteiger partial charge in [0.25, 0.3) is 0 Å². The molecule has 2 amide bonds. The van der Waals surface area contributed by atoms with E-state index in [4.69, 9.17) is 9.47 Å². The first kappa shape index (κ1) is 23.0. The second-order valence-electron chi connectivity index (χ2n) is 7.86. The maximum absolute atomic E-state index is 12.7. The minimum atomic E-state index is -1.14. The first-order valence-electron chi connectivity index (χ1n) is 9.68. The lowest BCUT2D eigenvalue weighted by atomic mass is 10.0. The molecule has 1 heterocycles. The smallest absolute Gasteiger partial charge is 0.408 e. The number of nitrogens with zero attached hydrogens (tertiary/aromatic N) is 2. The van der Waals surface area contributed by atoms with Gasteiger partial charge in [-0.1, -0.05) is 13.0 Å². The number of methoxy groups -OCH3 is 1. The van der Waals surface area contributed by atoms with Crippen LogP contribution in [-0.2, 0) is 4.79 Å². The van der Waals surface area contributed by atoms with E-state index >= 15 is 0 Å². The number of hydrogen-bond donors (Lipinski definition) is 2. The van der Waals surface area contributed by atoms with Gasteiger partial charge in [-0.15, -0.1) is 0 Å². The van der Waals surface area contributed by atoms with Gasteiger partial charge in [0.15, 0.2) is 0 Å². The number of rotatable bonds is 7. The zero-order valence-electron chi connectivity index (χ0n) is 18.2. The number of carbonyl (C=O) groups is 2. The van der Waals surface area contributed by atoms with Gasteiger partial charge in [-0.3, -0.25) is 9.69 Å². The third-order valence-electron chi connectivity index (χ3n) is 4.54. The Morgan fingerprint density at radius 2 is 1.93 bits per heavy atom. The van der Waals surface area contributed by atoms with E-state index in [1.54, 1.807) is 53.0 Å². The van der Waals surface area contributed by atoms with Crippen LogP contribution in [0.1, 0.15) is 39.7 Å². The van der Waals surface area contributed by atoms with Gasteiger partial charge in [-0.25, -0.2) is 9.78 Å². The highest BCUT2D eigenvalue weighted by Crippen LogP contribution is 2.27. The van der Waals surface area contributed by atoms with Crippen molar-refractivity contribution in [1.82, 2.24) is 9.88 Å². The molecule has 0 aliphatic rings. The highest BCUT2D eigenvalue weighted by Gasteiger charge is 2.36. The summed E-state index contributed by atoms with van der Waals surface area (Å²) < 4.78 is 11.0. The van der Waals surface area contributed by atoms with Gasteiger partial charge >= 0.3 is 6.09 Å². The molecule has 0 aliphatic heterocycles. The lowest BCUT2D eigenvalue weighted by Gasteiger charge is -2.38. The first-order valence-corrected chi connectivity index (χ1v) is 9.68. The fourth-order valence-corrected chi connectivity index (χ4v) is 3.10. The molecular formula is C22H29N3O5. The van der Waals surface area contributed by atoms with Crippen molar-refractivity contribution < 1.29 is 24.2 Å². The van der Waals surface area contributed by atoms with Crippen LogP contribution in [0.3, 0.4) is 0 Å². The molecule has 0 unspecified atom stereocenters. The average Bonchev–Trinajstić information content (AvgIpc) is 2.67. The van der Waals surface area contributed by atoms with E-state index in [-0.39, 0.29) is 0 Å². The predicted molar refractivity (Wildman–Crippen MR) is 114 cm³/mol. The minimum Gasteiger partial charge on any atom is -0.496 e. The molecule has 2 aromatic rings. The number of benzene rings is 1. The monoisotopic (exact) mass is 415 g/mol. The minimum absolute atomic E-state index is 0.347. The van der Waals surface area contributed by atoms with Gasteiger partial charge in [0.2, 0.25) is 11.8 Å². The summed E-state index contributed by atoms with van der Waals surface area (Å²) in [6.45, 7) is 8.98. The van der Waals surface area contributed by atoms with Crippen LogP contribution in [0.25, 0.3) is 0 Å². The number of pyridine rings is 1. The molecule has 0 saturated heterocycles. The number of amides is 2. The maximum Gasteiger partial charge on any atom is 0.408 e. The number of hydrogen-bond acceptors (Lipinski definition) is 5. The number of ether oxygens (including phenoxy) is 2. The van der Waals surface area contributed by atoms with E-state index in [1.165, 1.54) is 6.20 Å². The van der Waals surface area contributed by atoms with E-state index in [0.29, 0.717) is 29.5 Å². The molecule has 0 radical (unpaired) electrons. The van der Waals surface area contributed by atoms with Gasteiger partial charge in [0.05, 0.1) is 19.0 Å². The highest BCUT2D eigenvalue weighted by molar-refractivity contribution is 5.96. The number of aryl methyl sites for hydroxylation is 1. The molecule has 0 bridgehead atoms. The number of anilines is 1. The van der Waals surface area contributed by atoms with Gasteiger partial charge in [-0.2, -0.15) is 0 Å². The van der Waals surface area contributed by atoms with Crippen molar-refractivity contribution in [3.05, 3.63) is 42.1 Å². The zero-order chi connectivity index (χ0) is 22.5. The summed E-state index contributed by atoms with van der Waals surface area (Å²) in [5, 5.41) is 12.3. The normalized spacial score (nSPS) is 12.1. The molecule has 8 heteroatoms. The summed E-state index contributed by atoms with van der Waals surface area (Å²) in [7, 11) is 1.59. The van der Waals surface area contributed by atoms with Gasteiger partial charge in [0.1, 0.15) is 17.5 Å². The lowest BCUT2D eigenvalue weighted by molar-refractivity contribution is -0.122. The third-order valence-corrected chi connectivity index (χ3v) is 4.54. The summed E-state index contributed by atoms with van der Waals surface area (Å²) >= 11 is 0. The predicted octanol–water partition coefficient (Wildman–Crippen LogP) is 4.69. The van der Waals surface area contributed by atoms with Crippen LogP contribution >= 0.6 is 0 Å². The largest absolute Gasteiger partial charge is 0.496 e. The molecule has 162 valence electrons.